The zero-order valence-corrected chi connectivity index (χ0v) is 14.7. The summed E-state index contributed by atoms with van der Waals surface area (Å²) in [4.78, 5) is 14.3. The fourth-order valence-corrected chi connectivity index (χ4v) is 3.48. The lowest BCUT2D eigenvalue weighted by Gasteiger charge is -2.09. The van der Waals surface area contributed by atoms with Crippen molar-refractivity contribution in [3.05, 3.63) is 76.7 Å². The van der Waals surface area contributed by atoms with E-state index in [0.717, 1.165) is 36.5 Å². The Labute approximate surface area is 149 Å². The van der Waals surface area contributed by atoms with Gasteiger partial charge in [0.15, 0.2) is 5.82 Å². The van der Waals surface area contributed by atoms with Crippen LogP contribution < -0.4 is 0 Å². The average Bonchev–Trinajstić information content (AvgIpc) is 2.89. The maximum Gasteiger partial charge on any atom is 0.178 e. The van der Waals surface area contributed by atoms with Crippen LogP contribution in [0.5, 0.6) is 0 Å². The van der Waals surface area contributed by atoms with Crippen molar-refractivity contribution in [2.75, 3.05) is 0 Å². The maximum atomic E-state index is 4.84. The van der Waals surface area contributed by atoms with Gasteiger partial charge in [-0.2, -0.15) is 0 Å². The highest BCUT2D eigenvalue weighted by atomic mass is 14.9. The Hall–Kier alpha value is -2.55. The molecular formula is C22H23N3. The number of aryl methyl sites for hydroxylation is 3. The minimum atomic E-state index is 0.757. The number of aromatic nitrogens is 3. The molecule has 1 aliphatic rings. The molecule has 0 aliphatic heterocycles. The van der Waals surface area contributed by atoms with Gasteiger partial charge in [0.05, 0.1) is 0 Å². The molecule has 0 fully saturated rings. The van der Waals surface area contributed by atoms with Gasteiger partial charge in [-0.3, -0.25) is 0 Å². The molecule has 4 rings (SSSR count). The lowest BCUT2D eigenvalue weighted by Crippen LogP contribution is -2.02. The minimum Gasteiger partial charge on any atom is -0.249 e. The first-order chi connectivity index (χ1) is 12.3. The Balaban J connectivity index is 1.63. The van der Waals surface area contributed by atoms with Gasteiger partial charge in [-0.1, -0.05) is 36.8 Å². The van der Waals surface area contributed by atoms with Gasteiger partial charge < -0.3 is 0 Å². The third-order valence-electron chi connectivity index (χ3n) is 4.98. The van der Waals surface area contributed by atoms with E-state index in [1.54, 1.807) is 0 Å². The normalized spacial score (nSPS) is 14.0. The minimum absolute atomic E-state index is 0.757. The van der Waals surface area contributed by atoms with Crippen LogP contribution in [0.15, 0.2) is 48.7 Å². The first kappa shape index (κ1) is 15.9. The monoisotopic (exact) mass is 329 g/mol. The van der Waals surface area contributed by atoms with Crippen molar-refractivity contribution >= 4 is 0 Å². The van der Waals surface area contributed by atoms with Crippen LogP contribution in [-0.4, -0.2) is 15.0 Å². The summed E-state index contributed by atoms with van der Waals surface area (Å²) in [7, 11) is 0. The van der Waals surface area contributed by atoms with Gasteiger partial charge in [0.2, 0.25) is 0 Å². The molecule has 0 amide bonds. The average molecular weight is 329 g/mol. The third-order valence-corrected chi connectivity index (χ3v) is 4.98. The number of hydrogen-bond donors (Lipinski definition) is 0. The van der Waals surface area contributed by atoms with Gasteiger partial charge in [-0.25, -0.2) is 15.0 Å². The molecule has 3 aromatic rings. The van der Waals surface area contributed by atoms with Crippen molar-refractivity contribution in [3.63, 3.8) is 0 Å². The Morgan fingerprint density at radius 3 is 2.68 bits per heavy atom. The predicted octanol–water partition coefficient (Wildman–Crippen LogP) is 4.71. The van der Waals surface area contributed by atoms with Crippen LogP contribution in [0.1, 0.15) is 47.3 Å². The molecule has 126 valence electrons. The Bertz CT molecular complexity index is 886. The van der Waals surface area contributed by atoms with Crippen LogP contribution in [-0.2, 0) is 19.3 Å². The lowest BCUT2D eigenvalue weighted by molar-refractivity contribution is 0.709. The summed E-state index contributed by atoms with van der Waals surface area (Å²) in [5, 5.41) is 0. The smallest absolute Gasteiger partial charge is 0.178 e. The first-order valence-electron chi connectivity index (χ1n) is 9.15. The van der Waals surface area contributed by atoms with Gasteiger partial charge in [-0.15, -0.1) is 0 Å². The van der Waals surface area contributed by atoms with Crippen LogP contribution in [0.25, 0.3) is 11.5 Å². The first-order valence-corrected chi connectivity index (χ1v) is 9.15. The molecule has 1 aromatic carbocycles. The van der Waals surface area contributed by atoms with Crippen LogP contribution in [0.3, 0.4) is 0 Å². The third kappa shape index (κ3) is 3.60. The van der Waals surface area contributed by atoms with E-state index < -0.39 is 0 Å². The summed E-state index contributed by atoms with van der Waals surface area (Å²) < 4.78 is 0. The summed E-state index contributed by atoms with van der Waals surface area (Å²) in [6.45, 7) is 2.15. The van der Waals surface area contributed by atoms with E-state index >= 15 is 0 Å². The molecular weight excluding hydrogens is 306 g/mol. The topological polar surface area (TPSA) is 38.7 Å². The van der Waals surface area contributed by atoms with E-state index in [2.05, 4.69) is 48.3 Å². The number of pyridine rings is 1. The Kier molecular flexibility index (Phi) is 4.55. The molecule has 0 unspecified atom stereocenters. The maximum absolute atomic E-state index is 4.84. The summed E-state index contributed by atoms with van der Waals surface area (Å²) in [6, 6.07) is 14.6. The summed E-state index contributed by atoms with van der Waals surface area (Å²) in [5.41, 5.74) is 7.08. The number of benzene rings is 1. The molecule has 1 aliphatic carbocycles. The van der Waals surface area contributed by atoms with E-state index in [0.29, 0.717) is 0 Å². The molecule has 3 heteroatoms. The summed E-state index contributed by atoms with van der Waals surface area (Å²) in [5.74, 6) is 0.757. The van der Waals surface area contributed by atoms with Crippen molar-refractivity contribution in [2.24, 2.45) is 0 Å². The molecule has 0 spiro atoms. The zero-order valence-electron chi connectivity index (χ0n) is 14.7. The summed E-state index contributed by atoms with van der Waals surface area (Å²) >= 11 is 0. The van der Waals surface area contributed by atoms with Crippen LogP contribution >= 0.6 is 0 Å². The fraction of sp³-hybridized carbons (Fsp3) is 0.318. The van der Waals surface area contributed by atoms with Crippen molar-refractivity contribution in [2.45, 2.75) is 45.4 Å². The van der Waals surface area contributed by atoms with Crippen molar-refractivity contribution in [1.29, 1.82) is 0 Å². The molecule has 3 nitrogen and oxygen atoms in total. The molecule has 0 atom stereocenters. The van der Waals surface area contributed by atoms with E-state index in [4.69, 9.17) is 9.97 Å². The number of rotatable bonds is 3. The fourth-order valence-electron chi connectivity index (χ4n) is 3.48. The number of fused-ring (bicyclic) bond motifs is 1. The molecule has 0 radical (unpaired) electrons. The quantitative estimate of drug-likeness (QED) is 0.653. The van der Waals surface area contributed by atoms with E-state index in [1.807, 2.05) is 12.3 Å². The molecule has 2 heterocycles. The van der Waals surface area contributed by atoms with E-state index in [9.17, 15) is 0 Å². The molecule has 2 aromatic heterocycles. The van der Waals surface area contributed by atoms with Gasteiger partial charge in [0, 0.05) is 24.0 Å². The second kappa shape index (κ2) is 7.14. The molecule has 0 saturated heterocycles. The Morgan fingerprint density at radius 2 is 1.76 bits per heavy atom. The number of hydrogen-bond acceptors (Lipinski definition) is 3. The second-order valence-electron chi connectivity index (χ2n) is 6.84. The second-order valence-corrected chi connectivity index (χ2v) is 6.84. The molecule has 0 saturated carbocycles. The lowest BCUT2D eigenvalue weighted by atomic mass is 10.0. The van der Waals surface area contributed by atoms with E-state index in [-0.39, 0.29) is 0 Å². The Morgan fingerprint density at radius 1 is 0.880 bits per heavy atom. The van der Waals surface area contributed by atoms with Gasteiger partial charge in [0.1, 0.15) is 5.69 Å². The molecule has 25 heavy (non-hydrogen) atoms. The van der Waals surface area contributed by atoms with Crippen LogP contribution in [0.2, 0.25) is 0 Å². The predicted molar refractivity (Wildman–Crippen MR) is 101 cm³/mol. The highest BCUT2D eigenvalue weighted by Crippen LogP contribution is 2.22. The van der Waals surface area contributed by atoms with Crippen LogP contribution in [0.4, 0.5) is 0 Å². The van der Waals surface area contributed by atoms with Crippen LogP contribution in [0, 0.1) is 6.92 Å². The highest BCUT2D eigenvalue weighted by Gasteiger charge is 2.13. The highest BCUT2D eigenvalue weighted by molar-refractivity contribution is 5.50. The van der Waals surface area contributed by atoms with Gasteiger partial charge in [-0.05, 0) is 61.4 Å². The number of nitrogens with zero attached hydrogens (tertiary/aromatic N) is 3. The molecule has 0 N–H and O–H groups in total. The van der Waals surface area contributed by atoms with Crippen molar-refractivity contribution < 1.29 is 0 Å². The zero-order chi connectivity index (χ0) is 17.1. The van der Waals surface area contributed by atoms with Gasteiger partial charge >= 0.3 is 0 Å². The van der Waals surface area contributed by atoms with Crippen molar-refractivity contribution in [3.8, 4) is 11.5 Å². The summed E-state index contributed by atoms with van der Waals surface area (Å²) in [6.07, 6.45) is 8.79. The molecule has 0 bridgehead atoms. The SMILES string of the molecule is Cc1ccccc1Cc1cccc(-c2ncc3c(n2)CCCCC3)n1. The van der Waals surface area contributed by atoms with Crippen molar-refractivity contribution in [1.82, 2.24) is 15.0 Å². The van der Waals surface area contributed by atoms with Gasteiger partial charge in [0.25, 0.3) is 0 Å². The largest absolute Gasteiger partial charge is 0.249 e. The van der Waals surface area contributed by atoms with E-state index in [1.165, 1.54) is 41.6 Å². The standard InChI is InChI=1S/C22H23N3/c1-16-8-5-6-9-17(16)14-19-11-7-13-21(24-19)22-23-15-18-10-3-2-4-12-20(18)25-22/h5-9,11,13,15H,2-4,10,12,14H2,1H3.